The van der Waals surface area contributed by atoms with Crippen molar-refractivity contribution >= 4 is 0 Å². The van der Waals surface area contributed by atoms with Crippen molar-refractivity contribution in [2.24, 2.45) is 0 Å². The van der Waals surface area contributed by atoms with Crippen LogP contribution in [0.25, 0.3) is 0 Å². The molecule has 78 valence electrons. The minimum atomic E-state index is -0.630. The highest BCUT2D eigenvalue weighted by molar-refractivity contribution is 5.20. The molecular formula is C12H18O2. The smallest absolute Gasteiger partial charge is 0.126 e. The van der Waals surface area contributed by atoms with Crippen LogP contribution >= 0.6 is 0 Å². The fourth-order valence-electron chi connectivity index (χ4n) is 0.667. The van der Waals surface area contributed by atoms with Crippen LogP contribution in [0.5, 0.6) is 0 Å². The van der Waals surface area contributed by atoms with Gasteiger partial charge in [-0.25, -0.2) is 0 Å². The summed E-state index contributed by atoms with van der Waals surface area (Å²) in [6, 6.07) is 0. The summed E-state index contributed by atoms with van der Waals surface area (Å²) in [6.07, 6.45) is 1.42. The molecule has 4 radical (unpaired) electrons. The summed E-state index contributed by atoms with van der Waals surface area (Å²) in [4.78, 5) is 0. The Hall–Kier alpha value is -0.520. The molecule has 0 aromatic heterocycles. The Bertz CT molecular complexity index is 192. The van der Waals surface area contributed by atoms with Crippen molar-refractivity contribution in [3.05, 3.63) is 14.2 Å². The third-order valence-electron chi connectivity index (χ3n) is 2.46. The average molecular weight is 194 g/mol. The Morgan fingerprint density at radius 1 is 0.929 bits per heavy atom. The van der Waals surface area contributed by atoms with Gasteiger partial charge in [0.25, 0.3) is 0 Å². The van der Waals surface area contributed by atoms with Gasteiger partial charge < -0.3 is 9.47 Å². The lowest BCUT2D eigenvalue weighted by atomic mass is 9.99. The summed E-state index contributed by atoms with van der Waals surface area (Å²) in [6.45, 7) is 7.56. The van der Waals surface area contributed by atoms with Crippen molar-refractivity contribution in [2.75, 3.05) is 0 Å². The van der Waals surface area contributed by atoms with E-state index < -0.39 is 11.2 Å². The molecule has 0 aromatic rings. The third kappa shape index (κ3) is 3.69. The molecule has 0 rings (SSSR count). The molecule has 2 heteroatoms. The Kier molecular flexibility index (Phi) is 5.18. The molecule has 0 aliphatic carbocycles. The van der Waals surface area contributed by atoms with Crippen LogP contribution in [-0.4, -0.2) is 11.2 Å². The number of hydrogen-bond donors (Lipinski definition) is 0. The topological polar surface area (TPSA) is 18.5 Å². The van der Waals surface area contributed by atoms with Gasteiger partial charge in [0.1, 0.15) is 25.4 Å². The maximum absolute atomic E-state index is 5.16. The molecule has 0 aliphatic heterocycles. The van der Waals surface area contributed by atoms with Gasteiger partial charge in [0.2, 0.25) is 0 Å². The minimum absolute atomic E-state index is 0.630. The van der Waals surface area contributed by atoms with Gasteiger partial charge in [0, 0.05) is 0 Å². The van der Waals surface area contributed by atoms with Crippen molar-refractivity contribution in [3.8, 4) is 11.8 Å². The normalized spacial score (nSPS) is 19.0. The highest BCUT2D eigenvalue weighted by atomic mass is 16.5. The largest absolute Gasteiger partial charge is 0.354 e. The summed E-state index contributed by atoms with van der Waals surface area (Å²) < 4.78 is 9.60. The molecule has 2 atom stereocenters. The molecular weight excluding hydrogens is 176 g/mol. The van der Waals surface area contributed by atoms with Crippen molar-refractivity contribution in [3.63, 3.8) is 0 Å². The Balaban J connectivity index is 4.69. The molecule has 0 aliphatic rings. The Labute approximate surface area is 88.0 Å². The van der Waals surface area contributed by atoms with E-state index in [1.807, 2.05) is 27.7 Å². The first-order valence-corrected chi connectivity index (χ1v) is 4.75. The van der Waals surface area contributed by atoms with E-state index >= 15 is 0 Å². The molecule has 14 heavy (non-hydrogen) atoms. The van der Waals surface area contributed by atoms with Crippen LogP contribution in [0.2, 0.25) is 0 Å². The van der Waals surface area contributed by atoms with E-state index in [0.29, 0.717) is 12.8 Å². The van der Waals surface area contributed by atoms with Gasteiger partial charge in [-0.15, -0.1) is 0 Å². The van der Waals surface area contributed by atoms with Crippen LogP contribution < -0.4 is 0 Å². The van der Waals surface area contributed by atoms with Gasteiger partial charge in [-0.3, -0.25) is 0 Å². The summed E-state index contributed by atoms with van der Waals surface area (Å²) >= 11 is 0. The molecule has 0 N–H and O–H groups in total. The lowest BCUT2D eigenvalue weighted by Gasteiger charge is -2.22. The second-order valence-corrected chi connectivity index (χ2v) is 3.65. The standard InChI is InChI=1S/C12H18O2/c1-7-11(3,13-5)9-10-12(4,8-2)14-6/h5-6H,7-8H2,1-4H3. The number of ether oxygens (including phenoxy) is 2. The van der Waals surface area contributed by atoms with Gasteiger partial charge in [-0.2, -0.15) is 0 Å². The highest BCUT2D eigenvalue weighted by Crippen LogP contribution is 2.17. The van der Waals surface area contributed by atoms with Crippen LogP contribution in [0.1, 0.15) is 40.5 Å². The van der Waals surface area contributed by atoms with E-state index in [2.05, 4.69) is 11.8 Å². The zero-order chi connectivity index (χ0) is 11.2. The van der Waals surface area contributed by atoms with Crippen LogP contribution in [0, 0.1) is 26.1 Å². The number of hydrogen-bond acceptors (Lipinski definition) is 2. The first-order valence-electron chi connectivity index (χ1n) is 4.75. The summed E-state index contributed by atoms with van der Waals surface area (Å²) in [5, 5.41) is 0. The third-order valence-corrected chi connectivity index (χ3v) is 2.46. The van der Waals surface area contributed by atoms with Gasteiger partial charge in [0.15, 0.2) is 0 Å². The molecule has 0 aromatic carbocycles. The Morgan fingerprint density at radius 3 is 1.36 bits per heavy atom. The molecule has 0 spiro atoms. The predicted molar refractivity (Wildman–Crippen MR) is 55.9 cm³/mol. The first-order chi connectivity index (χ1) is 6.45. The van der Waals surface area contributed by atoms with E-state index in [1.165, 1.54) is 0 Å². The van der Waals surface area contributed by atoms with Gasteiger partial charge >= 0.3 is 0 Å². The van der Waals surface area contributed by atoms with Crippen LogP contribution in [0.15, 0.2) is 0 Å². The lowest BCUT2D eigenvalue weighted by molar-refractivity contribution is 0.0755. The second kappa shape index (κ2) is 5.38. The van der Waals surface area contributed by atoms with E-state index in [9.17, 15) is 0 Å². The maximum Gasteiger partial charge on any atom is 0.126 e. The fourth-order valence-corrected chi connectivity index (χ4v) is 0.667. The highest BCUT2D eigenvalue weighted by Gasteiger charge is 2.21. The van der Waals surface area contributed by atoms with E-state index in [4.69, 9.17) is 23.7 Å². The lowest BCUT2D eigenvalue weighted by Crippen LogP contribution is -2.27. The summed E-state index contributed by atoms with van der Waals surface area (Å²) in [5.41, 5.74) is -1.26. The predicted octanol–water partition coefficient (Wildman–Crippen LogP) is 2.70. The van der Waals surface area contributed by atoms with Crippen molar-refractivity contribution in [2.45, 2.75) is 51.7 Å². The van der Waals surface area contributed by atoms with Crippen LogP contribution in [0.3, 0.4) is 0 Å². The van der Waals surface area contributed by atoms with Gasteiger partial charge in [0.05, 0.1) is 0 Å². The zero-order valence-corrected chi connectivity index (χ0v) is 9.39. The van der Waals surface area contributed by atoms with Crippen molar-refractivity contribution in [1.29, 1.82) is 0 Å². The molecule has 0 amide bonds. The van der Waals surface area contributed by atoms with E-state index in [0.717, 1.165) is 0 Å². The first kappa shape index (κ1) is 13.5. The molecule has 0 saturated carbocycles. The molecule has 0 fully saturated rings. The quantitative estimate of drug-likeness (QED) is 0.641. The summed E-state index contributed by atoms with van der Waals surface area (Å²) in [7, 11) is 10.3. The zero-order valence-electron chi connectivity index (χ0n) is 9.39. The van der Waals surface area contributed by atoms with E-state index in [1.54, 1.807) is 0 Å². The van der Waals surface area contributed by atoms with Crippen LogP contribution in [-0.2, 0) is 9.47 Å². The van der Waals surface area contributed by atoms with Crippen LogP contribution in [0.4, 0.5) is 0 Å². The SMILES string of the molecule is [CH]OC(C)(C#CC(C)(CC)O[CH])CC. The monoisotopic (exact) mass is 194 g/mol. The van der Waals surface area contributed by atoms with Crippen molar-refractivity contribution in [1.82, 2.24) is 0 Å². The molecule has 0 heterocycles. The van der Waals surface area contributed by atoms with E-state index in [-0.39, 0.29) is 0 Å². The molecule has 2 unspecified atom stereocenters. The number of rotatable bonds is 4. The van der Waals surface area contributed by atoms with Gasteiger partial charge in [-0.05, 0) is 26.7 Å². The molecule has 2 nitrogen and oxygen atoms in total. The molecule has 0 bridgehead atoms. The van der Waals surface area contributed by atoms with Gasteiger partial charge in [-0.1, -0.05) is 25.7 Å². The Morgan fingerprint density at radius 2 is 1.21 bits per heavy atom. The maximum atomic E-state index is 5.16. The second-order valence-electron chi connectivity index (χ2n) is 3.65. The van der Waals surface area contributed by atoms with Crippen molar-refractivity contribution < 1.29 is 9.47 Å². The minimum Gasteiger partial charge on any atom is -0.354 e. The fraction of sp³-hybridized carbons (Fsp3) is 0.667. The average Bonchev–Trinajstić information content (AvgIpc) is 2.25. The summed E-state index contributed by atoms with van der Waals surface area (Å²) in [5.74, 6) is 5.87. The molecule has 0 saturated heterocycles.